The molecule has 1 aliphatic heterocycles. The smallest absolute Gasteiger partial charge is 0.0938 e. The number of fused-ring (bicyclic) bond motifs is 3. The minimum absolute atomic E-state index is 0.462. The van der Waals surface area contributed by atoms with Gasteiger partial charge in [-0.2, -0.15) is 5.10 Å². The van der Waals surface area contributed by atoms with Gasteiger partial charge in [-0.3, -0.25) is 10.1 Å². The summed E-state index contributed by atoms with van der Waals surface area (Å²) >= 11 is 0. The first-order chi connectivity index (χ1) is 14.8. The SMILES string of the molecule is CN1C=CN(c2cccc(C3(c4ccn[nH]4)c4ccccc4-c4cnccc43)c2)C1. The van der Waals surface area contributed by atoms with Crippen LogP contribution in [0.4, 0.5) is 5.69 Å². The van der Waals surface area contributed by atoms with Crippen LogP contribution in [0.5, 0.6) is 0 Å². The van der Waals surface area contributed by atoms with E-state index in [-0.39, 0.29) is 0 Å². The Morgan fingerprint density at radius 3 is 2.63 bits per heavy atom. The molecule has 0 amide bonds. The van der Waals surface area contributed by atoms with E-state index in [9.17, 15) is 0 Å². The van der Waals surface area contributed by atoms with Gasteiger partial charge >= 0.3 is 0 Å². The van der Waals surface area contributed by atoms with Gasteiger partial charge in [0.05, 0.1) is 17.8 Å². The Hall–Kier alpha value is -3.86. The highest BCUT2D eigenvalue weighted by molar-refractivity contribution is 5.85. The van der Waals surface area contributed by atoms with Crippen LogP contribution in [-0.2, 0) is 5.41 Å². The number of aromatic amines is 1. The second kappa shape index (κ2) is 6.32. The number of nitrogens with one attached hydrogen (secondary N) is 1. The van der Waals surface area contributed by atoms with Crippen LogP contribution < -0.4 is 4.90 Å². The quantitative estimate of drug-likeness (QED) is 0.497. The minimum atomic E-state index is -0.462. The molecule has 4 aromatic rings. The maximum atomic E-state index is 4.44. The average Bonchev–Trinajstić information content (AvgIpc) is 3.52. The fourth-order valence-corrected chi connectivity index (χ4v) is 4.96. The Bertz CT molecular complexity index is 1210. The summed E-state index contributed by atoms with van der Waals surface area (Å²) in [5, 5.41) is 7.61. The topological polar surface area (TPSA) is 48.0 Å². The molecule has 1 N–H and O–H groups in total. The third-order valence-corrected chi connectivity index (χ3v) is 6.24. The summed E-state index contributed by atoms with van der Waals surface area (Å²) in [6.45, 7) is 0.845. The Morgan fingerprint density at radius 2 is 1.80 bits per heavy atom. The molecule has 0 fully saturated rings. The van der Waals surface area contributed by atoms with Gasteiger partial charge in [-0.15, -0.1) is 0 Å². The first-order valence-corrected chi connectivity index (χ1v) is 10.1. The summed E-state index contributed by atoms with van der Waals surface area (Å²) in [7, 11) is 2.09. The molecule has 5 nitrogen and oxygen atoms in total. The molecular formula is C25H21N5. The molecule has 0 saturated carbocycles. The monoisotopic (exact) mass is 391 g/mol. The zero-order valence-electron chi connectivity index (χ0n) is 16.7. The van der Waals surface area contributed by atoms with Gasteiger partial charge < -0.3 is 9.80 Å². The summed E-state index contributed by atoms with van der Waals surface area (Å²) in [5.74, 6) is 0. The average molecular weight is 391 g/mol. The van der Waals surface area contributed by atoms with Gasteiger partial charge in [-0.05, 0) is 46.5 Å². The molecule has 0 radical (unpaired) electrons. The van der Waals surface area contributed by atoms with Crippen molar-refractivity contribution in [3.63, 3.8) is 0 Å². The number of anilines is 1. The van der Waals surface area contributed by atoms with Crippen LogP contribution in [0.15, 0.2) is 91.7 Å². The molecule has 2 aromatic carbocycles. The van der Waals surface area contributed by atoms with Gasteiger partial charge in [0.1, 0.15) is 0 Å². The molecule has 1 aliphatic carbocycles. The lowest BCUT2D eigenvalue weighted by Crippen LogP contribution is -2.30. The molecular weight excluding hydrogens is 370 g/mol. The molecule has 0 saturated heterocycles. The van der Waals surface area contributed by atoms with Crippen molar-refractivity contribution in [2.45, 2.75) is 5.41 Å². The zero-order chi connectivity index (χ0) is 20.1. The third-order valence-electron chi connectivity index (χ3n) is 6.24. The predicted molar refractivity (Wildman–Crippen MR) is 118 cm³/mol. The van der Waals surface area contributed by atoms with Crippen LogP contribution >= 0.6 is 0 Å². The Balaban J connectivity index is 1.66. The van der Waals surface area contributed by atoms with Gasteiger partial charge in [0, 0.05) is 49.3 Å². The summed E-state index contributed by atoms with van der Waals surface area (Å²) in [6, 6.07) is 21.7. The number of hydrogen-bond acceptors (Lipinski definition) is 4. The van der Waals surface area contributed by atoms with Crippen molar-refractivity contribution in [2.75, 3.05) is 18.6 Å². The van der Waals surface area contributed by atoms with Gasteiger partial charge in [0.15, 0.2) is 0 Å². The molecule has 146 valence electrons. The van der Waals surface area contributed by atoms with E-state index in [1.54, 1.807) is 0 Å². The molecule has 3 heterocycles. The van der Waals surface area contributed by atoms with Crippen LogP contribution in [0.2, 0.25) is 0 Å². The molecule has 1 atom stereocenters. The second-order valence-corrected chi connectivity index (χ2v) is 7.90. The van der Waals surface area contributed by atoms with E-state index in [0.717, 1.165) is 12.4 Å². The zero-order valence-corrected chi connectivity index (χ0v) is 16.7. The van der Waals surface area contributed by atoms with E-state index in [1.165, 1.54) is 33.5 Å². The normalized spacial score (nSPS) is 19.2. The first kappa shape index (κ1) is 17.0. The van der Waals surface area contributed by atoms with Gasteiger partial charge in [0.25, 0.3) is 0 Å². The third kappa shape index (κ3) is 2.23. The van der Waals surface area contributed by atoms with Crippen molar-refractivity contribution in [1.82, 2.24) is 20.1 Å². The van der Waals surface area contributed by atoms with Crippen molar-refractivity contribution < 1.29 is 0 Å². The van der Waals surface area contributed by atoms with Crippen molar-refractivity contribution in [2.24, 2.45) is 0 Å². The van der Waals surface area contributed by atoms with Crippen molar-refractivity contribution >= 4 is 5.69 Å². The fourth-order valence-electron chi connectivity index (χ4n) is 4.96. The number of rotatable bonds is 3. The fraction of sp³-hybridized carbons (Fsp3) is 0.120. The van der Waals surface area contributed by atoms with Crippen LogP contribution in [0.1, 0.15) is 22.4 Å². The van der Waals surface area contributed by atoms with E-state index >= 15 is 0 Å². The van der Waals surface area contributed by atoms with Crippen molar-refractivity contribution in [3.05, 3.63) is 114 Å². The molecule has 6 rings (SSSR count). The summed E-state index contributed by atoms with van der Waals surface area (Å²) in [6.07, 6.45) is 9.93. The molecule has 1 unspecified atom stereocenters. The highest BCUT2D eigenvalue weighted by atomic mass is 15.3. The molecule has 2 aliphatic rings. The van der Waals surface area contributed by atoms with Crippen molar-refractivity contribution in [1.29, 1.82) is 0 Å². The number of aromatic nitrogens is 3. The van der Waals surface area contributed by atoms with E-state index < -0.39 is 5.41 Å². The Kier molecular flexibility index (Phi) is 3.59. The molecule has 0 spiro atoms. The minimum Gasteiger partial charge on any atom is -0.361 e. The maximum absolute atomic E-state index is 4.44. The van der Waals surface area contributed by atoms with Crippen LogP contribution in [0.3, 0.4) is 0 Å². The lowest BCUT2D eigenvalue weighted by Gasteiger charge is -2.32. The maximum Gasteiger partial charge on any atom is 0.0938 e. The first-order valence-electron chi connectivity index (χ1n) is 10.1. The van der Waals surface area contributed by atoms with Crippen molar-refractivity contribution in [3.8, 4) is 11.1 Å². The second-order valence-electron chi connectivity index (χ2n) is 7.90. The summed E-state index contributed by atoms with van der Waals surface area (Å²) < 4.78 is 0. The number of hydrogen-bond donors (Lipinski definition) is 1. The predicted octanol–water partition coefficient (Wildman–Crippen LogP) is 4.35. The van der Waals surface area contributed by atoms with Crippen LogP contribution in [0, 0.1) is 0 Å². The number of H-pyrrole nitrogens is 1. The van der Waals surface area contributed by atoms with E-state index in [4.69, 9.17) is 0 Å². The largest absolute Gasteiger partial charge is 0.361 e. The summed E-state index contributed by atoms with van der Waals surface area (Å²) in [4.78, 5) is 8.87. The lowest BCUT2D eigenvalue weighted by atomic mass is 9.70. The van der Waals surface area contributed by atoms with Gasteiger partial charge in [-0.1, -0.05) is 36.4 Å². The number of benzene rings is 2. The summed E-state index contributed by atoms with van der Waals surface area (Å²) in [5.41, 5.74) is 7.87. The van der Waals surface area contributed by atoms with E-state index in [2.05, 4.69) is 105 Å². The Morgan fingerprint density at radius 1 is 0.900 bits per heavy atom. The molecule has 5 heteroatoms. The molecule has 0 bridgehead atoms. The highest BCUT2D eigenvalue weighted by Gasteiger charge is 2.47. The van der Waals surface area contributed by atoms with E-state index in [0.29, 0.717) is 0 Å². The van der Waals surface area contributed by atoms with Gasteiger partial charge in [-0.25, -0.2) is 0 Å². The Labute approximate surface area is 175 Å². The molecule has 2 aromatic heterocycles. The number of nitrogens with zero attached hydrogens (tertiary/aromatic N) is 4. The number of pyridine rings is 1. The molecule has 30 heavy (non-hydrogen) atoms. The van der Waals surface area contributed by atoms with Crippen LogP contribution in [-0.4, -0.2) is 33.8 Å². The lowest BCUT2D eigenvalue weighted by molar-refractivity contribution is 0.495. The van der Waals surface area contributed by atoms with Gasteiger partial charge in [0.2, 0.25) is 0 Å². The van der Waals surface area contributed by atoms with E-state index in [1.807, 2.05) is 18.6 Å². The highest BCUT2D eigenvalue weighted by Crippen LogP contribution is 2.55. The van der Waals surface area contributed by atoms with Crippen LogP contribution in [0.25, 0.3) is 11.1 Å². The standard InChI is InChI=1S/C25H21N5/c1-29-13-14-30(17-29)19-6-4-5-18(15-19)25(24-10-12-27-28-24)22-8-3-2-7-20(22)21-16-26-11-9-23(21)25/h2-16H,17H2,1H3,(H,27,28).